The first kappa shape index (κ1) is 10.1. The minimum Gasteiger partial charge on any atom is -0.116 e. The van der Waals surface area contributed by atoms with E-state index in [-0.39, 0.29) is 5.38 Å². The second kappa shape index (κ2) is 3.45. The molecule has 0 aliphatic carbocycles. The Kier molecular flexibility index (Phi) is 3.47. The first-order valence-corrected chi connectivity index (χ1v) is 3.86. The van der Waals surface area contributed by atoms with Crippen LogP contribution in [0.25, 0.3) is 0 Å². The number of rotatable bonds is 3. The van der Waals surface area contributed by atoms with Gasteiger partial charge in [-0.05, 0) is 13.8 Å². The molecule has 0 radical (unpaired) electrons. The maximum absolute atomic E-state index is 6.02. The molecule has 0 spiro atoms. The van der Waals surface area contributed by atoms with Crippen molar-refractivity contribution in [2.24, 2.45) is 0 Å². The fourth-order valence-corrected chi connectivity index (χ4v) is 0.732. The van der Waals surface area contributed by atoms with Crippen LogP contribution in [0.15, 0.2) is 24.8 Å². The molecule has 2 heteroatoms. The molecular weight excluding hydrogens is 167 g/mol. The lowest BCUT2D eigenvalue weighted by Crippen LogP contribution is -2.28. The summed E-state index contributed by atoms with van der Waals surface area (Å²) in [5.74, 6) is 0. The molecule has 0 saturated heterocycles. The van der Waals surface area contributed by atoms with Gasteiger partial charge in [0.25, 0.3) is 0 Å². The molecule has 0 amide bonds. The Balaban J connectivity index is 4.38. The van der Waals surface area contributed by atoms with Crippen LogP contribution in [0.3, 0.4) is 0 Å². The molecule has 2 unspecified atom stereocenters. The zero-order chi connectivity index (χ0) is 8.36. The lowest BCUT2D eigenvalue weighted by Gasteiger charge is -2.25. The van der Waals surface area contributed by atoms with Gasteiger partial charge in [-0.15, -0.1) is 29.8 Å². The van der Waals surface area contributed by atoms with Crippen LogP contribution in [0.2, 0.25) is 0 Å². The molecule has 2 atom stereocenters. The summed E-state index contributed by atoms with van der Waals surface area (Å²) in [6.07, 6.45) is 1.61. The van der Waals surface area contributed by atoms with E-state index < -0.39 is 4.87 Å². The molecule has 10 heavy (non-hydrogen) atoms. The van der Waals surface area contributed by atoms with E-state index in [2.05, 4.69) is 13.2 Å². The lowest BCUT2D eigenvalue weighted by molar-refractivity contribution is 0.752. The smallest absolute Gasteiger partial charge is 0.0819 e. The van der Waals surface area contributed by atoms with Gasteiger partial charge in [0, 0.05) is 0 Å². The highest BCUT2D eigenvalue weighted by molar-refractivity contribution is 6.34. The van der Waals surface area contributed by atoms with Crippen molar-refractivity contribution in [1.82, 2.24) is 0 Å². The van der Waals surface area contributed by atoms with Crippen LogP contribution in [-0.4, -0.2) is 10.3 Å². The lowest BCUT2D eigenvalue weighted by atomic mass is 9.99. The Morgan fingerprint density at radius 2 is 2.10 bits per heavy atom. The quantitative estimate of drug-likeness (QED) is 0.460. The third kappa shape index (κ3) is 2.03. The maximum atomic E-state index is 6.02. The van der Waals surface area contributed by atoms with E-state index in [0.717, 1.165) is 5.57 Å². The average Bonchev–Trinajstić information content (AvgIpc) is 1.86. The van der Waals surface area contributed by atoms with Crippen LogP contribution >= 0.6 is 23.2 Å². The first-order valence-electron chi connectivity index (χ1n) is 3.04. The Morgan fingerprint density at radius 3 is 2.20 bits per heavy atom. The van der Waals surface area contributed by atoms with Crippen molar-refractivity contribution in [3.05, 3.63) is 24.8 Å². The molecular formula is C8H12Cl2. The third-order valence-corrected chi connectivity index (χ3v) is 2.84. The van der Waals surface area contributed by atoms with Crippen molar-refractivity contribution >= 4 is 23.2 Å². The molecule has 0 aliphatic heterocycles. The van der Waals surface area contributed by atoms with Gasteiger partial charge in [-0.2, -0.15) is 0 Å². The second-order valence-corrected chi connectivity index (χ2v) is 3.75. The Hall–Kier alpha value is 0.0600. The Labute approximate surface area is 72.5 Å². The number of hydrogen-bond acceptors (Lipinski definition) is 0. The van der Waals surface area contributed by atoms with Crippen molar-refractivity contribution < 1.29 is 0 Å². The topological polar surface area (TPSA) is 0 Å². The van der Waals surface area contributed by atoms with Gasteiger partial charge in [0.1, 0.15) is 0 Å². The normalized spacial score (nSPS) is 19.2. The number of allylic oxidation sites excluding steroid dienone is 2. The number of halogens is 2. The summed E-state index contributed by atoms with van der Waals surface area (Å²) < 4.78 is 0. The van der Waals surface area contributed by atoms with Gasteiger partial charge < -0.3 is 0 Å². The molecule has 0 nitrogen and oxygen atoms in total. The fourth-order valence-electron chi connectivity index (χ4n) is 0.457. The summed E-state index contributed by atoms with van der Waals surface area (Å²) in [7, 11) is 0. The van der Waals surface area contributed by atoms with Crippen molar-refractivity contribution in [2.75, 3.05) is 0 Å². The minimum atomic E-state index is -0.566. The molecule has 0 heterocycles. The van der Waals surface area contributed by atoms with Crippen molar-refractivity contribution in [3.63, 3.8) is 0 Å². The highest BCUT2D eigenvalue weighted by Crippen LogP contribution is 2.31. The molecule has 0 saturated carbocycles. The van der Waals surface area contributed by atoms with Gasteiger partial charge >= 0.3 is 0 Å². The van der Waals surface area contributed by atoms with Crippen LogP contribution in [-0.2, 0) is 0 Å². The summed E-state index contributed by atoms with van der Waals surface area (Å²) in [6, 6.07) is 0. The number of alkyl halides is 2. The zero-order valence-corrected chi connectivity index (χ0v) is 7.84. The van der Waals surface area contributed by atoms with Crippen LogP contribution in [0.5, 0.6) is 0 Å². The van der Waals surface area contributed by atoms with E-state index in [0.29, 0.717) is 0 Å². The summed E-state index contributed by atoms with van der Waals surface area (Å²) in [5, 5.41) is -0.258. The van der Waals surface area contributed by atoms with Crippen LogP contribution in [0.4, 0.5) is 0 Å². The summed E-state index contributed by atoms with van der Waals surface area (Å²) in [5.41, 5.74) is 0.856. The average molecular weight is 179 g/mol. The van der Waals surface area contributed by atoms with Crippen LogP contribution in [0.1, 0.15) is 13.8 Å². The molecule has 0 rings (SSSR count). The first-order chi connectivity index (χ1) is 4.42. The second-order valence-electron chi connectivity index (χ2n) is 2.49. The fraction of sp³-hybridized carbons (Fsp3) is 0.500. The van der Waals surface area contributed by atoms with E-state index in [9.17, 15) is 0 Å². The highest BCUT2D eigenvalue weighted by Gasteiger charge is 2.28. The molecule has 58 valence electrons. The van der Waals surface area contributed by atoms with E-state index in [4.69, 9.17) is 23.2 Å². The maximum Gasteiger partial charge on any atom is 0.0819 e. The molecule has 0 aromatic rings. The monoisotopic (exact) mass is 178 g/mol. The van der Waals surface area contributed by atoms with Gasteiger partial charge in [-0.3, -0.25) is 0 Å². The van der Waals surface area contributed by atoms with E-state index in [1.807, 2.05) is 13.8 Å². The van der Waals surface area contributed by atoms with E-state index in [1.165, 1.54) is 0 Å². The largest absolute Gasteiger partial charge is 0.116 e. The van der Waals surface area contributed by atoms with E-state index >= 15 is 0 Å². The highest BCUT2D eigenvalue weighted by atomic mass is 35.5. The van der Waals surface area contributed by atoms with Crippen molar-refractivity contribution in [3.8, 4) is 0 Å². The van der Waals surface area contributed by atoms with E-state index in [1.54, 1.807) is 6.08 Å². The standard InChI is InChI=1S/C8H12Cl2/c1-5-7(9)8(4,10)6(2)3/h5,7H,1-2H2,3-4H3. The molecule has 0 N–H and O–H groups in total. The molecule has 0 aromatic carbocycles. The predicted octanol–water partition coefficient (Wildman–Crippen LogP) is 3.35. The summed E-state index contributed by atoms with van der Waals surface area (Å²) in [6.45, 7) is 11.0. The predicted molar refractivity (Wildman–Crippen MR) is 48.9 cm³/mol. The minimum absolute atomic E-state index is 0.258. The van der Waals surface area contributed by atoms with Gasteiger partial charge in [0.2, 0.25) is 0 Å². The molecule has 0 bridgehead atoms. The van der Waals surface area contributed by atoms with Gasteiger partial charge in [-0.1, -0.05) is 18.2 Å². The SMILES string of the molecule is C=CC(Cl)C(C)(Cl)C(=C)C. The Morgan fingerprint density at radius 1 is 1.70 bits per heavy atom. The summed E-state index contributed by atoms with van der Waals surface area (Å²) in [4.78, 5) is -0.566. The van der Waals surface area contributed by atoms with Crippen LogP contribution < -0.4 is 0 Å². The van der Waals surface area contributed by atoms with Gasteiger partial charge in [0.15, 0.2) is 0 Å². The Bertz CT molecular complexity index is 147. The van der Waals surface area contributed by atoms with Crippen molar-refractivity contribution in [2.45, 2.75) is 24.1 Å². The van der Waals surface area contributed by atoms with Crippen LogP contribution in [0, 0.1) is 0 Å². The van der Waals surface area contributed by atoms with Gasteiger partial charge in [0.05, 0.1) is 10.3 Å². The molecule has 0 aromatic heterocycles. The molecule has 0 fully saturated rings. The van der Waals surface area contributed by atoms with Gasteiger partial charge in [-0.25, -0.2) is 0 Å². The van der Waals surface area contributed by atoms with Crippen molar-refractivity contribution in [1.29, 1.82) is 0 Å². The summed E-state index contributed by atoms with van der Waals surface area (Å²) >= 11 is 11.9. The molecule has 0 aliphatic rings. The third-order valence-electron chi connectivity index (χ3n) is 1.56. The number of hydrogen-bond donors (Lipinski definition) is 0. The zero-order valence-electron chi connectivity index (χ0n) is 6.32.